The summed E-state index contributed by atoms with van der Waals surface area (Å²) in [6.45, 7) is 7.30. The van der Waals surface area contributed by atoms with Gasteiger partial charge in [0.25, 0.3) is 0 Å². The van der Waals surface area contributed by atoms with Crippen LogP contribution >= 0.6 is 0 Å². The molecule has 0 amide bonds. The first-order valence-electron chi connectivity index (χ1n) is 9.52. The van der Waals surface area contributed by atoms with Gasteiger partial charge in [0.15, 0.2) is 20.0 Å². The maximum Gasteiger partial charge on any atom is 0.480 e. The molecule has 0 fully saturated rings. The lowest BCUT2D eigenvalue weighted by Crippen LogP contribution is -2.41. The van der Waals surface area contributed by atoms with Crippen LogP contribution < -0.4 is 0 Å². The van der Waals surface area contributed by atoms with Crippen LogP contribution in [0.4, 0.5) is 26.3 Å². The van der Waals surface area contributed by atoms with Crippen molar-refractivity contribution in [3.8, 4) is 0 Å². The van der Waals surface area contributed by atoms with Gasteiger partial charge in [-0.15, -0.1) is 0 Å². The highest BCUT2D eigenvalue weighted by atomic mass is 32.3. The van der Waals surface area contributed by atoms with Crippen molar-refractivity contribution in [3.63, 3.8) is 0 Å². The van der Waals surface area contributed by atoms with E-state index in [9.17, 15) is 43.2 Å². The number of hydrogen-bond donors (Lipinski definition) is 0. The Kier molecular flexibility index (Phi) is 13.8. The Balaban J connectivity index is 0. The average molecular weight is 495 g/mol. The minimum atomic E-state index is -6.72. The molecule has 0 N–H and O–H groups in total. The third-order valence-electron chi connectivity index (χ3n) is 4.02. The number of sulfonamides is 2. The summed E-state index contributed by atoms with van der Waals surface area (Å²) in [5.41, 5.74) is -12.4. The SMILES string of the molecule is CCCCCC[N+](C)(C)CCCCCC.O=S(=O)([N-]S(=O)(=O)C(F)(F)F)C(F)(F)F. The van der Waals surface area contributed by atoms with Crippen molar-refractivity contribution in [2.75, 3.05) is 27.2 Å². The highest BCUT2D eigenvalue weighted by molar-refractivity contribution is 8.13. The van der Waals surface area contributed by atoms with E-state index in [1.807, 2.05) is 0 Å². The third-order valence-corrected chi connectivity index (χ3v) is 6.76. The molecule has 0 saturated carbocycles. The maximum atomic E-state index is 11.4. The first-order chi connectivity index (χ1) is 13.3. The molecule has 0 atom stereocenters. The van der Waals surface area contributed by atoms with Gasteiger partial charge in [-0.25, -0.2) is 16.8 Å². The van der Waals surface area contributed by atoms with E-state index in [0.29, 0.717) is 0 Å². The molecule has 0 unspecified atom stereocenters. The summed E-state index contributed by atoms with van der Waals surface area (Å²) in [7, 11) is -8.67. The summed E-state index contributed by atoms with van der Waals surface area (Å²) < 4.78 is 110. The molecule has 0 aliphatic carbocycles. The zero-order valence-corrected chi connectivity index (χ0v) is 19.3. The van der Waals surface area contributed by atoms with Crippen LogP contribution in [0.25, 0.3) is 4.13 Å². The standard InChI is InChI=1S/C14H32N.C2F6NO4S2/c1-5-7-9-11-13-15(3,4)14-12-10-8-6-2;3-1(4,5)14(10,11)9-15(12,13)2(6,7)8/h5-14H2,1-4H3;/q+1;-1. The van der Waals surface area contributed by atoms with E-state index in [-0.39, 0.29) is 0 Å². The van der Waals surface area contributed by atoms with Crippen LogP contribution in [0, 0.1) is 0 Å². The topological polar surface area (TPSA) is 82.4 Å². The molecule has 30 heavy (non-hydrogen) atoms. The molecule has 0 aromatic heterocycles. The second-order valence-electron chi connectivity index (χ2n) is 7.42. The second-order valence-corrected chi connectivity index (χ2v) is 10.8. The average Bonchev–Trinajstić information content (AvgIpc) is 2.53. The molecule has 0 aliphatic rings. The first-order valence-corrected chi connectivity index (χ1v) is 12.4. The Hall–Kier alpha value is -0.600. The maximum absolute atomic E-state index is 11.4. The number of halogens is 6. The van der Waals surface area contributed by atoms with Crippen molar-refractivity contribution in [1.82, 2.24) is 0 Å². The number of quaternary nitrogens is 1. The number of unbranched alkanes of at least 4 members (excludes halogenated alkanes) is 6. The number of nitrogens with zero attached hydrogens (tertiary/aromatic N) is 2. The van der Waals surface area contributed by atoms with Gasteiger partial charge in [-0.2, -0.15) is 26.3 Å². The number of alkyl halides is 6. The molecule has 0 aromatic rings. The lowest BCUT2D eigenvalue weighted by molar-refractivity contribution is -0.890. The largest absolute Gasteiger partial charge is 0.480 e. The zero-order valence-electron chi connectivity index (χ0n) is 17.7. The fourth-order valence-electron chi connectivity index (χ4n) is 2.26. The van der Waals surface area contributed by atoms with Crippen molar-refractivity contribution in [3.05, 3.63) is 4.13 Å². The van der Waals surface area contributed by atoms with Crippen LogP contribution in [-0.2, 0) is 20.0 Å². The molecule has 0 bridgehead atoms. The van der Waals surface area contributed by atoms with Crippen LogP contribution in [0.3, 0.4) is 0 Å². The molecule has 184 valence electrons. The molecule has 6 nitrogen and oxygen atoms in total. The van der Waals surface area contributed by atoms with Gasteiger partial charge >= 0.3 is 11.0 Å². The first kappa shape index (κ1) is 31.6. The highest BCUT2D eigenvalue weighted by Gasteiger charge is 2.46. The van der Waals surface area contributed by atoms with Gasteiger partial charge in [0.05, 0.1) is 27.2 Å². The second kappa shape index (κ2) is 13.1. The van der Waals surface area contributed by atoms with E-state index < -0.39 is 31.1 Å². The summed E-state index contributed by atoms with van der Waals surface area (Å²) in [5.74, 6) is 0. The predicted octanol–water partition coefficient (Wildman–Crippen LogP) is 5.28. The minimum absolute atomic E-state index is 0.778. The fraction of sp³-hybridized carbons (Fsp3) is 1.00. The van der Waals surface area contributed by atoms with Gasteiger partial charge in [0, 0.05) is 0 Å². The van der Waals surface area contributed by atoms with Crippen LogP contribution in [0.2, 0.25) is 0 Å². The van der Waals surface area contributed by atoms with Crippen LogP contribution in [0.1, 0.15) is 65.2 Å². The van der Waals surface area contributed by atoms with E-state index in [1.54, 1.807) is 0 Å². The molecule has 0 aliphatic heterocycles. The van der Waals surface area contributed by atoms with Crippen molar-refractivity contribution < 1.29 is 47.7 Å². The summed E-state index contributed by atoms with van der Waals surface area (Å²) in [5, 5.41) is 0. The van der Waals surface area contributed by atoms with Gasteiger partial charge in [-0.1, -0.05) is 39.5 Å². The highest BCUT2D eigenvalue weighted by Crippen LogP contribution is 2.36. The van der Waals surface area contributed by atoms with Crippen LogP contribution in [0.15, 0.2) is 0 Å². The van der Waals surface area contributed by atoms with Gasteiger partial charge < -0.3 is 8.61 Å². The predicted molar refractivity (Wildman–Crippen MR) is 103 cm³/mol. The minimum Gasteiger partial charge on any atom is -0.421 e. The number of rotatable bonds is 12. The van der Waals surface area contributed by atoms with E-state index >= 15 is 0 Å². The lowest BCUT2D eigenvalue weighted by atomic mass is 10.1. The quantitative estimate of drug-likeness (QED) is 0.210. The smallest absolute Gasteiger partial charge is 0.421 e. The van der Waals surface area contributed by atoms with Crippen molar-refractivity contribution >= 4 is 20.0 Å². The summed E-state index contributed by atoms with van der Waals surface area (Å²) in [6, 6.07) is 0. The van der Waals surface area contributed by atoms with Gasteiger partial charge in [0.2, 0.25) is 0 Å². The zero-order chi connectivity index (χ0) is 24.3. The molecule has 0 spiro atoms. The summed E-state index contributed by atoms with van der Waals surface area (Å²) in [6.07, 6.45) is 11.2. The Morgan fingerprint density at radius 1 is 0.633 bits per heavy atom. The molecular weight excluding hydrogens is 462 g/mol. The van der Waals surface area contributed by atoms with Gasteiger partial charge in [0.1, 0.15) is 0 Å². The Labute approximate surface area is 175 Å². The Bertz CT molecular complexity index is 619. The summed E-state index contributed by atoms with van der Waals surface area (Å²) in [4.78, 5) is 0. The molecule has 0 aromatic carbocycles. The fourth-order valence-corrected chi connectivity index (χ4v) is 3.97. The Morgan fingerprint density at radius 2 is 0.933 bits per heavy atom. The lowest BCUT2D eigenvalue weighted by Gasteiger charge is -2.30. The monoisotopic (exact) mass is 494 g/mol. The number of hydrogen-bond acceptors (Lipinski definition) is 4. The van der Waals surface area contributed by atoms with E-state index in [2.05, 4.69) is 27.9 Å². The molecule has 0 saturated heterocycles. The van der Waals surface area contributed by atoms with E-state index in [4.69, 9.17) is 0 Å². The molecule has 0 radical (unpaired) electrons. The van der Waals surface area contributed by atoms with E-state index in [0.717, 1.165) is 4.13 Å². The molecule has 0 heterocycles. The van der Waals surface area contributed by atoms with Crippen molar-refractivity contribution in [1.29, 1.82) is 0 Å². The van der Waals surface area contributed by atoms with Crippen molar-refractivity contribution in [2.45, 2.75) is 76.2 Å². The van der Waals surface area contributed by atoms with Crippen LogP contribution in [0.5, 0.6) is 0 Å². The van der Waals surface area contributed by atoms with Crippen LogP contribution in [-0.4, -0.2) is 59.5 Å². The summed E-state index contributed by atoms with van der Waals surface area (Å²) >= 11 is 0. The van der Waals surface area contributed by atoms with Gasteiger partial charge in [-0.05, 0) is 25.7 Å². The third kappa shape index (κ3) is 13.7. The molecule has 0 rings (SSSR count). The van der Waals surface area contributed by atoms with Crippen molar-refractivity contribution in [2.24, 2.45) is 0 Å². The normalized spacial score (nSPS) is 13.7. The molecule has 14 heteroatoms. The Morgan fingerprint density at radius 3 is 1.17 bits per heavy atom. The molecular formula is C16H32F6N2O4S2. The van der Waals surface area contributed by atoms with Gasteiger partial charge in [-0.3, -0.25) is 0 Å². The van der Waals surface area contributed by atoms with E-state index in [1.165, 1.54) is 68.9 Å².